The quantitative estimate of drug-likeness (QED) is 0.859. The van der Waals surface area contributed by atoms with Gasteiger partial charge in [0, 0.05) is 6.54 Å². The van der Waals surface area contributed by atoms with E-state index in [1.165, 1.54) is 32.4 Å². The van der Waals surface area contributed by atoms with Crippen molar-refractivity contribution in [3.63, 3.8) is 0 Å². The van der Waals surface area contributed by atoms with Crippen molar-refractivity contribution >= 4 is 11.6 Å². The molecule has 0 saturated carbocycles. The Bertz CT molecular complexity index is 316. The first-order valence-corrected chi connectivity index (χ1v) is 6.04. The molecule has 1 aromatic heterocycles. The van der Waals surface area contributed by atoms with Gasteiger partial charge >= 0.3 is 0 Å². The standard InChI is InChI=1S/C11H18ClN3/c1-9-11(12)8-14-15(9)7-4-10-2-5-13-6-3-10/h8,10,13H,2-7H2,1H3. The summed E-state index contributed by atoms with van der Waals surface area (Å²) >= 11 is 5.96. The maximum absolute atomic E-state index is 5.96. The topological polar surface area (TPSA) is 29.9 Å². The molecule has 4 heteroatoms. The van der Waals surface area contributed by atoms with Crippen LogP contribution in [0, 0.1) is 12.8 Å². The van der Waals surface area contributed by atoms with Gasteiger partial charge < -0.3 is 5.32 Å². The lowest BCUT2D eigenvalue weighted by Crippen LogP contribution is -2.28. The van der Waals surface area contributed by atoms with Crippen LogP contribution in [-0.4, -0.2) is 22.9 Å². The second-order valence-corrected chi connectivity index (χ2v) is 4.69. The van der Waals surface area contributed by atoms with Crippen molar-refractivity contribution in [2.45, 2.75) is 32.7 Å². The highest BCUT2D eigenvalue weighted by molar-refractivity contribution is 6.31. The smallest absolute Gasteiger partial charge is 0.0814 e. The minimum atomic E-state index is 0.778. The summed E-state index contributed by atoms with van der Waals surface area (Å²) in [6.07, 6.45) is 5.56. The summed E-state index contributed by atoms with van der Waals surface area (Å²) in [6, 6.07) is 0. The molecule has 0 radical (unpaired) electrons. The number of rotatable bonds is 3. The molecule has 1 fully saturated rings. The Morgan fingerprint density at radius 2 is 2.27 bits per heavy atom. The second kappa shape index (κ2) is 4.99. The fraction of sp³-hybridized carbons (Fsp3) is 0.727. The van der Waals surface area contributed by atoms with Crippen LogP contribution in [0.2, 0.25) is 5.02 Å². The fourth-order valence-corrected chi connectivity index (χ4v) is 2.27. The second-order valence-electron chi connectivity index (χ2n) is 4.28. The van der Waals surface area contributed by atoms with Crippen molar-refractivity contribution < 1.29 is 0 Å². The number of piperidine rings is 1. The molecule has 1 saturated heterocycles. The van der Waals surface area contributed by atoms with Gasteiger partial charge in [-0.3, -0.25) is 4.68 Å². The number of hydrogen-bond acceptors (Lipinski definition) is 2. The Kier molecular flexibility index (Phi) is 3.65. The molecule has 2 heterocycles. The monoisotopic (exact) mass is 227 g/mol. The lowest BCUT2D eigenvalue weighted by molar-refractivity contribution is 0.331. The van der Waals surface area contributed by atoms with Gasteiger partial charge in [0.15, 0.2) is 0 Å². The number of hydrogen-bond donors (Lipinski definition) is 1. The largest absolute Gasteiger partial charge is 0.317 e. The first-order chi connectivity index (χ1) is 7.27. The summed E-state index contributed by atoms with van der Waals surface area (Å²) in [6.45, 7) is 5.37. The predicted octanol–water partition coefficient (Wildman–Crippen LogP) is 2.23. The number of nitrogens with zero attached hydrogens (tertiary/aromatic N) is 2. The molecule has 3 nitrogen and oxygen atoms in total. The first-order valence-electron chi connectivity index (χ1n) is 5.66. The third kappa shape index (κ3) is 2.73. The van der Waals surface area contributed by atoms with Gasteiger partial charge in [0.05, 0.1) is 16.9 Å². The molecule has 15 heavy (non-hydrogen) atoms. The average molecular weight is 228 g/mol. The average Bonchev–Trinajstić information content (AvgIpc) is 2.59. The summed E-state index contributed by atoms with van der Waals surface area (Å²) in [5, 5.41) is 8.43. The fourth-order valence-electron chi connectivity index (χ4n) is 2.12. The van der Waals surface area contributed by atoms with Crippen LogP contribution in [0.5, 0.6) is 0 Å². The van der Waals surface area contributed by atoms with E-state index in [1.807, 2.05) is 11.6 Å². The van der Waals surface area contributed by atoms with Crippen molar-refractivity contribution in [2.24, 2.45) is 5.92 Å². The molecule has 0 atom stereocenters. The Balaban J connectivity index is 1.84. The van der Waals surface area contributed by atoms with E-state index in [0.29, 0.717) is 0 Å². The predicted molar refractivity (Wildman–Crippen MR) is 62.2 cm³/mol. The van der Waals surface area contributed by atoms with Crippen LogP contribution in [0.1, 0.15) is 25.0 Å². The maximum Gasteiger partial charge on any atom is 0.0814 e. The summed E-state index contributed by atoms with van der Waals surface area (Å²) in [4.78, 5) is 0. The Labute approximate surface area is 95.8 Å². The molecular weight excluding hydrogens is 210 g/mol. The normalized spacial score (nSPS) is 18.3. The van der Waals surface area contributed by atoms with Gasteiger partial charge in [-0.05, 0) is 45.2 Å². The van der Waals surface area contributed by atoms with Crippen molar-refractivity contribution in [3.8, 4) is 0 Å². The van der Waals surface area contributed by atoms with E-state index in [9.17, 15) is 0 Å². The highest BCUT2D eigenvalue weighted by Crippen LogP contribution is 2.19. The molecule has 84 valence electrons. The zero-order chi connectivity index (χ0) is 10.7. The summed E-state index contributed by atoms with van der Waals surface area (Å²) < 4.78 is 2.02. The molecule has 0 amide bonds. The minimum absolute atomic E-state index is 0.778. The summed E-state index contributed by atoms with van der Waals surface area (Å²) in [5.41, 5.74) is 1.09. The zero-order valence-electron chi connectivity index (χ0n) is 9.17. The van der Waals surface area contributed by atoms with Crippen molar-refractivity contribution in [2.75, 3.05) is 13.1 Å². The van der Waals surface area contributed by atoms with Crippen LogP contribution in [0.15, 0.2) is 6.20 Å². The lowest BCUT2D eigenvalue weighted by Gasteiger charge is -2.22. The van der Waals surface area contributed by atoms with Crippen LogP contribution in [0.4, 0.5) is 0 Å². The van der Waals surface area contributed by atoms with Crippen LogP contribution in [-0.2, 0) is 6.54 Å². The molecule has 2 rings (SSSR count). The molecule has 0 aromatic carbocycles. The number of aryl methyl sites for hydroxylation is 1. The van der Waals surface area contributed by atoms with E-state index in [0.717, 1.165) is 23.2 Å². The van der Waals surface area contributed by atoms with Crippen molar-refractivity contribution in [3.05, 3.63) is 16.9 Å². The van der Waals surface area contributed by atoms with Crippen LogP contribution in [0.3, 0.4) is 0 Å². The first kappa shape index (κ1) is 11.0. The number of halogens is 1. The van der Waals surface area contributed by atoms with Crippen LogP contribution < -0.4 is 5.32 Å². The molecular formula is C11H18ClN3. The maximum atomic E-state index is 5.96. The number of aromatic nitrogens is 2. The molecule has 0 aliphatic carbocycles. The Morgan fingerprint density at radius 1 is 1.53 bits per heavy atom. The van der Waals surface area contributed by atoms with Gasteiger partial charge in [0.1, 0.15) is 0 Å². The van der Waals surface area contributed by atoms with Gasteiger partial charge in [-0.2, -0.15) is 5.10 Å². The molecule has 1 N–H and O–H groups in total. The van der Waals surface area contributed by atoms with E-state index in [2.05, 4.69) is 10.4 Å². The van der Waals surface area contributed by atoms with E-state index in [4.69, 9.17) is 11.6 Å². The summed E-state index contributed by atoms with van der Waals surface area (Å²) in [5.74, 6) is 0.855. The van der Waals surface area contributed by atoms with E-state index < -0.39 is 0 Å². The summed E-state index contributed by atoms with van der Waals surface area (Å²) in [7, 11) is 0. The van der Waals surface area contributed by atoms with Gasteiger partial charge in [-0.25, -0.2) is 0 Å². The molecule has 1 aliphatic heterocycles. The van der Waals surface area contributed by atoms with Gasteiger partial charge in [-0.1, -0.05) is 11.6 Å². The van der Waals surface area contributed by atoms with E-state index in [1.54, 1.807) is 6.20 Å². The van der Waals surface area contributed by atoms with E-state index >= 15 is 0 Å². The Morgan fingerprint density at radius 3 is 2.87 bits per heavy atom. The third-order valence-corrected chi connectivity index (χ3v) is 3.62. The lowest BCUT2D eigenvalue weighted by atomic mass is 9.95. The van der Waals surface area contributed by atoms with E-state index in [-0.39, 0.29) is 0 Å². The number of nitrogens with one attached hydrogen (secondary N) is 1. The highest BCUT2D eigenvalue weighted by Gasteiger charge is 2.13. The molecule has 0 bridgehead atoms. The molecule has 0 spiro atoms. The highest BCUT2D eigenvalue weighted by atomic mass is 35.5. The molecule has 0 unspecified atom stereocenters. The van der Waals surface area contributed by atoms with Crippen molar-refractivity contribution in [1.82, 2.24) is 15.1 Å². The Hall–Kier alpha value is -0.540. The zero-order valence-corrected chi connectivity index (χ0v) is 9.93. The van der Waals surface area contributed by atoms with Crippen molar-refractivity contribution in [1.29, 1.82) is 0 Å². The molecule has 1 aliphatic rings. The van der Waals surface area contributed by atoms with Crippen LogP contribution >= 0.6 is 11.6 Å². The SMILES string of the molecule is Cc1c(Cl)cnn1CCC1CCNCC1. The van der Waals surface area contributed by atoms with Gasteiger partial charge in [0.25, 0.3) is 0 Å². The van der Waals surface area contributed by atoms with Gasteiger partial charge in [0.2, 0.25) is 0 Å². The van der Waals surface area contributed by atoms with Crippen LogP contribution in [0.25, 0.3) is 0 Å². The molecule has 1 aromatic rings. The third-order valence-electron chi connectivity index (χ3n) is 3.25. The minimum Gasteiger partial charge on any atom is -0.317 e. The van der Waals surface area contributed by atoms with Gasteiger partial charge in [-0.15, -0.1) is 0 Å².